The first-order valence-corrected chi connectivity index (χ1v) is 8.37. The van der Waals surface area contributed by atoms with Crippen LogP contribution in [0, 0.1) is 5.92 Å². The van der Waals surface area contributed by atoms with Crippen LogP contribution in [0.3, 0.4) is 0 Å². The summed E-state index contributed by atoms with van der Waals surface area (Å²) < 4.78 is 11.1. The molecule has 0 saturated carbocycles. The molecule has 1 atom stereocenters. The largest absolute Gasteiger partial charge is 0.493 e. The second-order valence-corrected chi connectivity index (χ2v) is 6.63. The van der Waals surface area contributed by atoms with Gasteiger partial charge in [0.2, 0.25) is 0 Å². The summed E-state index contributed by atoms with van der Waals surface area (Å²) in [5.41, 5.74) is 6.26. The smallest absolute Gasteiger partial charge is 0.254 e. The van der Waals surface area contributed by atoms with Crippen molar-refractivity contribution < 1.29 is 14.3 Å². The summed E-state index contributed by atoms with van der Waals surface area (Å²) in [4.78, 5) is 14.5. The predicted octanol–water partition coefficient (Wildman–Crippen LogP) is 3.37. The molecule has 1 heterocycles. The standard InChI is InChI=1S/C17H25ClN2O3.ClH/c1-11(2)10-23-16-14(18)7-12(8-15(16)22-3)17(21)20-6-4-5-13(20)9-19;/h7-8,11,13H,4-6,9-10,19H2,1-3H3;1H. The molecular formula is C17H26Cl2N2O3. The Morgan fingerprint density at radius 1 is 1.46 bits per heavy atom. The summed E-state index contributed by atoms with van der Waals surface area (Å²) in [6.45, 7) is 5.85. The predicted molar refractivity (Wildman–Crippen MR) is 98.7 cm³/mol. The van der Waals surface area contributed by atoms with Gasteiger partial charge in [0.05, 0.1) is 18.7 Å². The van der Waals surface area contributed by atoms with Crippen molar-refractivity contribution in [2.45, 2.75) is 32.7 Å². The van der Waals surface area contributed by atoms with E-state index in [4.69, 9.17) is 26.8 Å². The lowest BCUT2D eigenvalue weighted by molar-refractivity contribution is 0.0740. The molecule has 5 nitrogen and oxygen atoms in total. The number of nitrogens with zero attached hydrogens (tertiary/aromatic N) is 1. The second-order valence-electron chi connectivity index (χ2n) is 6.22. The minimum atomic E-state index is -0.0615. The van der Waals surface area contributed by atoms with Gasteiger partial charge in [-0.25, -0.2) is 0 Å². The van der Waals surface area contributed by atoms with Gasteiger partial charge < -0.3 is 20.1 Å². The maximum atomic E-state index is 12.7. The van der Waals surface area contributed by atoms with E-state index < -0.39 is 0 Å². The average Bonchev–Trinajstić information content (AvgIpc) is 3.00. The van der Waals surface area contributed by atoms with Crippen LogP contribution in [-0.4, -0.2) is 43.7 Å². The molecule has 0 spiro atoms. The fourth-order valence-corrected chi connectivity index (χ4v) is 3.01. The molecule has 1 amide bonds. The highest BCUT2D eigenvalue weighted by Crippen LogP contribution is 2.37. The Kier molecular flexibility index (Phi) is 8.13. The highest BCUT2D eigenvalue weighted by Gasteiger charge is 2.29. The molecule has 0 aromatic heterocycles. The average molecular weight is 377 g/mol. The first kappa shape index (κ1) is 20.9. The van der Waals surface area contributed by atoms with E-state index in [1.807, 2.05) is 4.90 Å². The minimum Gasteiger partial charge on any atom is -0.493 e. The SMILES string of the molecule is COc1cc(C(=O)N2CCCC2CN)cc(Cl)c1OCC(C)C.Cl. The third kappa shape index (κ3) is 4.68. The third-order valence-corrected chi connectivity index (χ3v) is 4.23. The number of carbonyl (C=O) groups excluding carboxylic acids is 1. The summed E-state index contributed by atoms with van der Waals surface area (Å²) in [7, 11) is 1.54. The number of benzene rings is 1. The first-order valence-electron chi connectivity index (χ1n) is 7.99. The van der Waals surface area contributed by atoms with Gasteiger partial charge in [0.25, 0.3) is 5.91 Å². The van der Waals surface area contributed by atoms with E-state index in [1.165, 1.54) is 0 Å². The van der Waals surface area contributed by atoms with Gasteiger partial charge in [0.15, 0.2) is 11.5 Å². The van der Waals surface area contributed by atoms with Crippen molar-refractivity contribution >= 4 is 29.9 Å². The number of nitrogens with two attached hydrogens (primary N) is 1. The van der Waals surface area contributed by atoms with Crippen LogP contribution < -0.4 is 15.2 Å². The monoisotopic (exact) mass is 376 g/mol. The normalized spacial score (nSPS) is 16.9. The third-order valence-electron chi connectivity index (χ3n) is 3.95. The van der Waals surface area contributed by atoms with Crippen LogP contribution in [0.15, 0.2) is 12.1 Å². The van der Waals surface area contributed by atoms with Crippen molar-refractivity contribution in [3.8, 4) is 11.5 Å². The lowest BCUT2D eigenvalue weighted by Gasteiger charge is -2.24. The number of rotatable bonds is 6. The van der Waals surface area contributed by atoms with Gasteiger partial charge in [0, 0.05) is 24.7 Å². The second kappa shape index (κ2) is 9.35. The van der Waals surface area contributed by atoms with E-state index in [9.17, 15) is 4.79 Å². The molecule has 136 valence electrons. The van der Waals surface area contributed by atoms with Gasteiger partial charge in [0.1, 0.15) is 0 Å². The molecule has 0 bridgehead atoms. The number of ether oxygens (including phenoxy) is 2. The zero-order valence-electron chi connectivity index (χ0n) is 14.4. The number of likely N-dealkylation sites (tertiary alicyclic amines) is 1. The van der Waals surface area contributed by atoms with Crippen LogP contribution in [0.2, 0.25) is 5.02 Å². The van der Waals surface area contributed by atoms with E-state index in [0.717, 1.165) is 19.4 Å². The van der Waals surface area contributed by atoms with Crippen molar-refractivity contribution in [2.75, 3.05) is 26.8 Å². The van der Waals surface area contributed by atoms with Gasteiger partial charge >= 0.3 is 0 Å². The molecule has 0 radical (unpaired) electrons. The zero-order chi connectivity index (χ0) is 17.0. The van der Waals surface area contributed by atoms with E-state index in [-0.39, 0.29) is 24.4 Å². The number of methoxy groups -OCH3 is 1. The fraction of sp³-hybridized carbons (Fsp3) is 0.588. The van der Waals surface area contributed by atoms with Crippen LogP contribution in [0.5, 0.6) is 11.5 Å². The summed E-state index contributed by atoms with van der Waals surface area (Å²) in [5.74, 6) is 1.27. The molecule has 24 heavy (non-hydrogen) atoms. The Morgan fingerprint density at radius 2 is 2.17 bits per heavy atom. The maximum Gasteiger partial charge on any atom is 0.254 e. The number of hydrogen-bond acceptors (Lipinski definition) is 4. The van der Waals surface area contributed by atoms with Crippen LogP contribution in [0.1, 0.15) is 37.0 Å². The van der Waals surface area contributed by atoms with Crippen molar-refractivity contribution in [1.29, 1.82) is 0 Å². The highest BCUT2D eigenvalue weighted by atomic mass is 35.5. The quantitative estimate of drug-likeness (QED) is 0.826. The summed E-state index contributed by atoms with van der Waals surface area (Å²) >= 11 is 6.32. The molecule has 1 aliphatic rings. The van der Waals surface area contributed by atoms with Gasteiger partial charge in [-0.05, 0) is 30.9 Å². The van der Waals surface area contributed by atoms with Crippen LogP contribution in [0.25, 0.3) is 0 Å². The van der Waals surface area contributed by atoms with E-state index in [2.05, 4.69) is 13.8 Å². The zero-order valence-corrected chi connectivity index (χ0v) is 16.0. The van der Waals surface area contributed by atoms with Gasteiger partial charge in [-0.3, -0.25) is 4.79 Å². The molecule has 2 rings (SSSR count). The molecule has 1 fully saturated rings. The Hall–Kier alpha value is -1.17. The molecule has 1 aromatic rings. The van der Waals surface area contributed by atoms with Gasteiger partial charge in [-0.2, -0.15) is 0 Å². The van der Waals surface area contributed by atoms with Crippen LogP contribution in [-0.2, 0) is 0 Å². The Bertz CT molecular complexity index is 567. The van der Waals surface area contributed by atoms with Crippen molar-refractivity contribution in [2.24, 2.45) is 11.7 Å². The number of hydrogen-bond donors (Lipinski definition) is 1. The number of amides is 1. The highest BCUT2D eigenvalue weighted by molar-refractivity contribution is 6.32. The summed E-state index contributed by atoms with van der Waals surface area (Å²) in [5, 5.41) is 0.386. The van der Waals surface area contributed by atoms with E-state index in [1.54, 1.807) is 19.2 Å². The van der Waals surface area contributed by atoms with Crippen LogP contribution in [0.4, 0.5) is 0 Å². The Balaban J connectivity index is 0.00000288. The minimum absolute atomic E-state index is 0. The Morgan fingerprint density at radius 3 is 2.75 bits per heavy atom. The number of halogens is 2. The van der Waals surface area contributed by atoms with E-state index >= 15 is 0 Å². The molecule has 1 aromatic carbocycles. The van der Waals surface area contributed by atoms with Crippen LogP contribution >= 0.6 is 24.0 Å². The Labute approximate surface area is 154 Å². The fourth-order valence-electron chi connectivity index (χ4n) is 2.75. The molecule has 1 unspecified atom stereocenters. The lowest BCUT2D eigenvalue weighted by atomic mass is 10.1. The van der Waals surface area contributed by atoms with Gasteiger partial charge in [-0.1, -0.05) is 25.4 Å². The molecular weight excluding hydrogens is 351 g/mol. The number of carbonyl (C=O) groups is 1. The van der Waals surface area contributed by atoms with Crippen molar-refractivity contribution in [3.05, 3.63) is 22.7 Å². The molecule has 7 heteroatoms. The topological polar surface area (TPSA) is 64.8 Å². The maximum absolute atomic E-state index is 12.7. The molecule has 0 aliphatic carbocycles. The van der Waals surface area contributed by atoms with Gasteiger partial charge in [-0.15, -0.1) is 12.4 Å². The van der Waals surface area contributed by atoms with E-state index in [0.29, 0.717) is 41.2 Å². The molecule has 1 saturated heterocycles. The first-order chi connectivity index (χ1) is 11.0. The molecule has 2 N–H and O–H groups in total. The summed E-state index contributed by atoms with van der Waals surface area (Å²) in [6, 6.07) is 3.44. The summed E-state index contributed by atoms with van der Waals surface area (Å²) in [6.07, 6.45) is 1.93. The van der Waals surface area contributed by atoms with Crippen molar-refractivity contribution in [1.82, 2.24) is 4.90 Å². The lowest BCUT2D eigenvalue weighted by Crippen LogP contribution is -2.39. The van der Waals surface area contributed by atoms with Crippen molar-refractivity contribution in [3.63, 3.8) is 0 Å². The molecule has 1 aliphatic heterocycles.